The fourth-order valence-corrected chi connectivity index (χ4v) is 3.20. The van der Waals surface area contributed by atoms with Gasteiger partial charge in [0.2, 0.25) is 10.0 Å². The number of halogens is 1. The van der Waals surface area contributed by atoms with Crippen LogP contribution >= 0.6 is 11.6 Å². The van der Waals surface area contributed by atoms with E-state index in [2.05, 4.69) is 4.72 Å². The van der Waals surface area contributed by atoms with Gasteiger partial charge in [-0.15, -0.1) is 0 Å². The van der Waals surface area contributed by atoms with E-state index in [1.807, 2.05) is 0 Å². The topological polar surface area (TPSA) is 102 Å². The predicted molar refractivity (Wildman–Crippen MR) is 85.5 cm³/mol. The maximum atomic E-state index is 12.3. The third-order valence-electron chi connectivity index (χ3n) is 2.81. The Kier molecular flexibility index (Phi) is 8.32. The molecule has 1 rings (SSSR count). The average Bonchev–Trinajstić information content (AvgIpc) is 2.49. The van der Waals surface area contributed by atoms with Gasteiger partial charge in [0.1, 0.15) is 10.6 Å². The number of carboxylic acid groups (broad SMARTS) is 1. The van der Waals surface area contributed by atoms with Crippen LogP contribution in [0.3, 0.4) is 0 Å². The Morgan fingerprint density at radius 1 is 1.30 bits per heavy atom. The van der Waals surface area contributed by atoms with Gasteiger partial charge in [-0.05, 0) is 24.6 Å². The number of ether oxygens (including phenoxy) is 2. The van der Waals surface area contributed by atoms with Crippen molar-refractivity contribution in [3.05, 3.63) is 23.2 Å². The van der Waals surface area contributed by atoms with Gasteiger partial charge >= 0.3 is 5.97 Å². The minimum Gasteiger partial charge on any atom is -0.492 e. The summed E-state index contributed by atoms with van der Waals surface area (Å²) in [5.74, 6) is -0.787. The molecular weight excluding hydrogens is 346 g/mol. The molecule has 0 saturated carbocycles. The Bertz CT molecular complexity index is 620. The normalized spacial score (nSPS) is 11.4. The standard InChI is InChI=1S/C14H20ClNO6S/c1-21-8-3-9-22-12-6-5-11(15)10-13(12)23(19,20)16-7-2-4-14(17)18/h5-6,10,16H,2-4,7-9H2,1H3,(H,17,18). The molecule has 0 aliphatic rings. The Hall–Kier alpha value is -1.35. The highest BCUT2D eigenvalue weighted by Crippen LogP contribution is 2.27. The molecule has 0 radical (unpaired) electrons. The number of hydrogen-bond donors (Lipinski definition) is 2. The molecule has 0 aromatic heterocycles. The third kappa shape index (κ3) is 7.17. The van der Waals surface area contributed by atoms with Crippen LogP contribution in [0.4, 0.5) is 0 Å². The second-order valence-electron chi connectivity index (χ2n) is 4.68. The van der Waals surface area contributed by atoms with Crippen LogP contribution < -0.4 is 9.46 Å². The summed E-state index contributed by atoms with van der Waals surface area (Å²) in [6, 6.07) is 4.32. The summed E-state index contributed by atoms with van der Waals surface area (Å²) in [5, 5.41) is 8.82. The summed E-state index contributed by atoms with van der Waals surface area (Å²) in [6.45, 7) is 0.824. The maximum absolute atomic E-state index is 12.3. The van der Waals surface area contributed by atoms with Crippen molar-refractivity contribution in [3.8, 4) is 5.75 Å². The van der Waals surface area contributed by atoms with Crippen molar-refractivity contribution < 1.29 is 27.8 Å². The Morgan fingerprint density at radius 2 is 2.04 bits per heavy atom. The molecule has 0 fully saturated rings. The van der Waals surface area contributed by atoms with E-state index in [9.17, 15) is 13.2 Å². The average molecular weight is 366 g/mol. The lowest BCUT2D eigenvalue weighted by molar-refractivity contribution is -0.137. The zero-order valence-electron chi connectivity index (χ0n) is 12.7. The number of carboxylic acids is 1. The molecule has 0 unspecified atom stereocenters. The Labute approximate surface area is 140 Å². The first-order valence-electron chi connectivity index (χ1n) is 6.99. The van der Waals surface area contributed by atoms with Crippen molar-refractivity contribution in [1.29, 1.82) is 0 Å². The SMILES string of the molecule is COCCCOc1ccc(Cl)cc1S(=O)(=O)NCCCC(=O)O. The molecule has 23 heavy (non-hydrogen) atoms. The number of aliphatic carboxylic acids is 1. The van der Waals surface area contributed by atoms with Gasteiger partial charge in [-0.1, -0.05) is 11.6 Å². The number of methoxy groups -OCH3 is 1. The number of sulfonamides is 1. The van der Waals surface area contributed by atoms with E-state index >= 15 is 0 Å². The summed E-state index contributed by atoms with van der Waals surface area (Å²) in [4.78, 5) is 10.4. The fraction of sp³-hybridized carbons (Fsp3) is 0.500. The second-order valence-corrected chi connectivity index (χ2v) is 6.85. The summed E-state index contributed by atoms with van der Waals surface area (Å²) < 4.78 is 37.4. The second kappa shape index (κ2) is 9.71. The molecular formula is C14H20ClNO6S. The highest BCUT2D eigenvalue weighted by atomic mass is 35.5. The van der Waals surface area contributed by atoms with Gasteiger partial charge in [-0.25, -0.2) is 13.1 Å². The van der Waals surface area contributed by atoms with Gasteiger partial charge in [0.15, 0.2) is 0 Å². The first-order chi connectivity index (χ1) is 10.9. The van der Waals surface area contributed by atoms with Crippen molar-refractivity contribution in [2.45, 2.75) is 24.2 Å². The lowest BCUT2D eigenvalue weighted by atomic mass is 10.3. The molecule has 0 heterocycles. The van der Waals surface area contributed by atoms with Crippen molar-refractivity contribution >= 4 is 27.6 Å². The molecule has 9 heteroatoms. The fourth-order valence-electron chi connectivity index (χ4n) is 1.72. The van der Waals surface area contributed by atoms with Crippen LogP contribution in [0.1, 0.15) is 19.3 Å². The molecule has 0 bridgehead atoms. The van der Waals surface area contributed by atoms with Gasteiger partial charge in [0.05, 0.1) is 6.61 Å². The molecule has 0 saturated heterocycles. The number of hydrogen-bond acceptors (Lipinski definition) is 5. The van der Waals surface area contributed by atoms with Gasteiger partial charge in [0.25, 0.3) is 0 Å². The quantitative estimate of drug-likeness (QED) is 0.581. The van der Waals surface area contributed by atoms with Crippen LogP contribution in [0, 0.1) is 0 Å². The molecule has 130 valence electrons. The van der Waals surface area contributed by atoms with E-state index in [0.717, 1.165) is 0 Å². The Balaban J connectivity index is 2.78. The number of nitrogens with one attached hydrogen (secondary N) is 1. The smallest absolute Gasteiger partial charge is 0.303 e. The number of carbonyl (C=O) groups is 1. The number of benzene rings is 1. The van der Waals surface area contributed by atoms with Gasteiger partial charge in [-0.3, -0.25) is 4.79 Å². The van der Waals surface area contributed by atoms with E-state index in [1.165, 1.54) is 18.2 Å². The van der Waals surface area contributed by atoms with E-state index in [-0.39, 0.29) is 35.1 Å². The van der Waals surface area contributed by atoms with E-state index in [4.69, 9.17) is 26.2 Å². The highest BCUT2D eigenvalue weighted by Gasteiger charge is 2.20. The van der Waals surface area contributed by atoms with Crippen molar-refractivity contribution in [2.75, 3.05) is 26.9 Å². The van der Waals surface area contributed by atoms with Gasteiger partial charge in [0, 0.05) is 38.1 Å². The minimum atomic E-state index is -3.84. The van der Waals surface area contributed by atoms with Crippen molar-refractivity contribution in [1.82, 2.24) is 4.72 Å². The van der Waals surface area contributed by atoms with E-state index in [0.29, 0.717) is 19.6 Å². The molecule has 0 spiro atoms. The molecule has 0 amide bonds. The number of rotatable bonds is 11. The molecule has 1 aromatic carbocycles. The lowest BCUT2D eigenvalue weighted by Gasteiger charge is -2.13. The Morgan fingerprint density at radius 3 is 2.70 bits per heavy atom. The van der Waals surface area contributed by atoms with Crippen LogP contribution in [0.25, 0.3) is 0 Å². The van der Waals surface area contributed by atoms with Crippen LogP contribution in [0.5, 0.6) is 5.75 Å². The monoisotopic (exact) mass is 365 g/mol. The molecule has 0 atom stereocenters. The van der Waals surface area contributed by atoms with E-state index in [1.54, 1.807) is 7.11 Å². The summed E-state index contributed by atoms with van der Waals surface area (Å²) >= 11 is 5.86. The van der Waals surface area contributed by atoms with Crippen LogP contribution in [0.2, 0.25) is 5.02 Å². The maximum Gasteiger partial charge on any atom is 0.303 e. The molecule has 0 aliphatic heterocycles. The predicted octanol–water partition coefficient (Wildman–Crippen LogP) is 1.90. The van der Waals surface area contributed by atoms with Crippen molar-refractivity contribution in [3.63, 3.8) is 0 Å². The molecule has 2 N–H and O–H groups in total. The zero-order chi connectivity index (χ0) is 17.3. The zero-order valence-corrected chi connectivity index (χ0v) is 14.3. The first kappa shape index (κ1) is 19.7. The minimum absolute atomic E-state index is 0.0181. The van der Waals surface area contributed by atoms with Crippen LogP contribution in [0.15, 0.2) is 23.1 Å². The van der Waals surface area contributed by atoms with Gasteiger partial charge in [-0.2, -0.15) is 0 Å². The lowest BCUT2D eigenvalue weighted by Crippen LogP contribution is -2.26. The summed E-state index contributed by atoms with van der Waals surface area (Å²) in [7, 11) is -2.27. The summed E-state index contributed by atoms with van der Waals surface area (Å²) in [6.07, 6.45) is 0.697. The molecule has 1 aromatic rings. The molecule has 0 aliphatic carbocycles. The first-order valence-corrected chi connectivity index (χ1v) is 8.85. The highest BCUT2D eigenvalue weighted by molar-refractivity contribution is 7.89. The van der Waals surface area contributed by atoms with E-state index < -0.39 is 16.0 Å². The third-order valence-corrected chi connectivity index (χ3v) is 4.52. The van der Waals surface area contributed by atoms with Crippen LogP contribution in [-0.2, 0) is 19.6 Å². The summed E-state index contributed by atoms with van der Waals surface area (Å²) in [5.41, 5.74) is 0. The van der Waals surface area contributed by atoms with Crippen molar-refractivity contribution in [2.24, 2.45) is 0 Å². The van der Waals surface area contributed by atoms with Crippen LogP contribution in [-0.4, -0.2) is 46.4 Å². The van der Waals surface area contributed by atoms with Gasteiger partial charge < -0.3 is 14.6 Å². The molecule has 7 nitrogen and oxygen atoms in total. The largest absolute Gasteiger partial charge is 0.492 e.